The third-order valence-electron chi connectivity index (χ3n) is 12.6. The van der Waals surface area contributed by atoms with Crippen molar-refractivity contribution in [1.82, 2.24) is 0 Å². The maximum atomic E-state index is 13.0. The molecule has 4 unspecified atom stereocenters. The second kappa shape index (κ2) is 40.3. The van der Waals surface area contributed by atoms with E-state index < -0.39 is 99.3 Å². The Kier molecular flexibility index (Phi) is 36.7. The average Bonchev–Trinajstić information content (AvgIpc) is 3.33. The van der Waals surface area contributed by atoms with Gasteiger partial charge in [0.1, 0.15) is 55.4 Å². The van der Waals surface area contributed by atoms with Crippen molar-refractivity contribution in [3.63, 3.8) is 0 Å². The highest BCUT2D eigenvalue weighted by molar-refractivity contribution is 5.70. The molecular weight excluding hydrogens is 877 g/mol. The Morgan fingerprint density at radius 2 is 0.882 bits per heavy atom. The molecule has 15 heteroatoms. The Bertz CT molecular complexity index is 1330. The molecule has 0 saturated carbocycles. The third-order valence-corrected chi connectivity index (χ3v) is 12.6. The minimum absolute atomic E-state index is 0.118. The Morgan fingerprint density at radius 1 is 0.471 bits per heavy atom. The fourth-order valence-electron chi connectivity index (χ4n) is 8.22. The molecule has 15 nitrogen and oxygen atoms in total. The number of allylic oxidation sites excluding steroid dienone is 6. The van der Waals surface area contributed by atoms with Crippen molar-refractivity contribution in [2.75, 3.05) is 26.4 Å². The molecule has 396 valence electrons. The Morgan fingerprint density at radius 3 is 1.41 bits per heavy atom. The van der Waals surface area contributed by atoms with Crippen LogP contribution in [0.25, 0.3) is 0 Å². The summed E-state index contributed by atoms with van der Waals surface area (Å²) in [6.07, 6.45) is 26.0. The van der Waals surface area contributed by atoms with Crippen LogP contribution in [-0.2, 0) is 38.0 Å². The Labute approximate surface area is 408 Å². The first kappa shape index (κ1) is 61.8. The summed E-state index contributed by atoms with van der Waals surface area (Å²) >= 11 is 0. The van der Waals surface area contributed by atoms with Crippen LogP contribution in [0.5, 0.6) is 0 Å². The number of aliphatic hydroxyl groups excluding tert-OH is 7. The monoisotopic (exact) mass is 971 g/mol. The van der Waals surface area contributed by atoms with Crippen LogP contribution < -0.4 is 0 Å². The van der Waals surface area contributed by atoms with Crippen LogP contribution in [0.3, 0.4) is 0 Å². The smallest absolute Gasteiger partial charge is 0.306 e. The van der Waals surface area contributed by atoms with E-state index >= 15 is 0 Å². The molecule has 2 aliphatic heterocycles. The van der Waals surface area contributed by atoms with E-state index in [2.05, 4.69) is 50.3 Å². The zero-order valence-corrected chi connectivity index (χ0v) is 41.8. The summed E-state index contributed by atoms with van der Waals surface area (Å²) in [5, 5.41) is 72.1. The molecule has 2 fully saturated rings. The number of unbranched alkanes of at least 4 members (excludes halogenated alkanes) is 21. The van der Waals surface area contributed by atoms with Gasteiger partial charge in [0.25, 0.3) is 0 Å². The van der Waals surface area contributed by atoms with Crippen molar-refractivity contribution in [2.24, 2.45) is 0 Å². The molecule has 0 amide bonds. The summed E-state index contributed by atoms with van der Waals surface area (Å²) in [7, 11) is 0. The van der Waals surface area contributed by atoms with Crippen LogP contribution in [0.1, 0.15) is 194 Å². The predicted octanol–water partition coefficient (Wildman–Crippen LogP) is 7.71. The molecule has 2 aliphatic rings. The lowest BCUT2D eigenvalue weighted by atomic mass is 9.98. The summed E-state index contributed by atoms with van der Waals surface area (Å²) < 4.78 is 33.6. The van der Waals surface area contributed by atoms with E-state index in [9.17, 15) is 45.3 Å². The van der Waals surface area contributed by atoms with Gasteiger partial charge in [0, 0.05) is 12.8 Å². The predicted molar refractivity (Wildman–Crippen MR) is 261 cm³/mol. The summed E-state index contributed by atoms with van der Waals surface area (Å²) in [6, 6.07) is 0. The molecule has 0 bridgehead atoms. The lowest BCUT2D eigenvalue weighted by Gasteiger charge is -2.42. The van der Waals surface area contributed by atoms with Crippen molar-refractivity contribution < 1.29 is 73.8 Å². The van der Waals surface area contributed by atoms with Gasteiger partial charge in [-0.25, -0.2) is 0 Å². The van der Waals surface area contributed by atoms with Crippen molar-refractivity contribution in [1.29, 1.82) is 0 Å². The van der Waals surface area contributed by atoms with Gasteiger partial charge in [0.15, 0.2) is 18.7 Å². The molecular formula is C53H94O15. The Hall–Kier alpha value is -2.28. The molecule has 0 spiro atoms. The summed E-state index contributed by atoms with van der Waals surface area (Å²) in [6.45, 7) is 2.54. The van der Waals surface area contributed by atoms with Gasteiger partial charge in [-0.15, -0.1) is 0 Å². The van der Waals surface area contributed by atoms with Gasteiger partial charge in [0.05, 0.1) is 19.8 Å². The van der Waals surface area contributed by atoms with Crippen molar-refractivity contribution in [3.8, 4) is 0 Å². The number of esters is 2. The number of aliphatic hydroxyl groups is 7. The van der Waals surface area contributed by atoms with E-state index in [1.165, 1.54) is 103 Å². The first-order valence-corrected chi connectivity index (χ1v) is 26.6. The molecule has 0 radical (unpaired) electrons. The largest absolute Gasteiger partial charge is 0.462 e. The molecule has 0 aromatic heterocycles. The zero-order valence-electron chi connectivity index (χ0n) is 41.8. The normalized spacial score (nSPS) is 26.0. The van der Waals surface area contributed by atoms with E-state index in [-0.39, 0.29) is 19.4 Å². The number of hydrogen-bond acceptors (Lipinski definition) is 15. The third kappa shape index (κ3) is 27.9. The van der Waals surface area contributed by atoms with Crippen LogP contribution in [-0.4, -0.2) is 142 Å². The van der Waals surface area contributed by atoms with Crippen molar-refractivity contribution in [3.05, 3.63) is 36.5 Å². The molecule has 0 aliphatic carbocycles. The number of rotatable bonds is 41. The van der Waals surface area contributed by atoms with Gasteiger partial charge in [-0.05, 0) is 51.4 Å². The topological polar surface area (TPSA) is 231 Å². The minimum atomic E-state index is -1.77. The van der Waals surface area contributed by atoms with E-state index in [1.54, 1.807) is 0 Å². The molecule has 68 heavy (non-hydrogen) atoms. The fourth-order valence-corrected chi connectivity index (χ4v) is 8.22. The number of ether oxygens (including phenoxy) is 6. The highest BCUT2D eigenvalue weighted by atomic mass is 16.7. The lowest BCUT2D eigenvalue weighted by Crippen LogP contribution is -2.61. The first-order chi connectivity index (χ1) is 33.0. The maximum absolute atomic E-state index is 13.0. The number of hydrogen-bond donors (Lipinski definition) is 7. The van der Waals surface area contributed by atoms with Crippen LogP contribution in [0.15, 0.2) is 36.5 Å². The Balaban J connectivity index is 1.81. The van der Waals surface area contributed by atoms with Crippen LogP contribution in [0.2, 0.25) is 0 Å². The molecule has 2 heterocycles. The van der Waals surface area contributed by atoms with Crippen molar-refractivity contribution >= 4 is 11.9 Å². The summed E-state index contributed by atoms with van der Waals surface area (Å²) in [4.78, 5) is 25.8. The lowest BCUT2D eigenvalue weighted by molar-refractivity contribution is -0.332. The van der Waals surface area contributed by atoms with Crippen molar-refractivity contribution in [2.45, 2.75) is 261 Å². The van der Waals surface area contributed by atoms with E-state index in [4.69, 9.17) is 28.4 Å². The minimum Gasteiger partial charge on any atom is -0.462 e. The molecule has 2 saturated heterocycles. The highest BCUT2D eigenvalue weighted by Crippen LogP contribution is 2.26. The van der Waals surface area contributed by atoms with Gasteiger partial charge in [-0.2, -0.15) is 0 Å². The average molecular weight is 971 g/mol. The van der Waals surface area contributed by atoms with Crippen LogP contribution in [0, 0.1) is 0 Å². The number of carbonyl (C=O) groups excluding carboxylic acids is 2. The second-order valence-electron chi connectivity index (χ2n) is 18.7. The van der Waals surface area contributed by atoms with Gasteiger partial charge in [-0.3, -0.25) is 9.59 Å². The molecule has 2 rings (SSSR count). The maximum Gasteiger partial charge on any atom is 0.306 e. The molecule has 0 aromatic carbocycles. The van der Waals surface area contributed by atoms with E-state index in [1.807, 2.05) is 0 Å². The standard InChI is InChI=1S/C53H94O15/c1-3-5-7-9-11-13-15-17-19-20-22-23-25-27-29-31-33-35-44(55)63-38-41(66-45(56)36-34-32-30-28-26-24-21-18-16-14-12-10-8-6-4-2)39-64-52-51(62)49(60)47(58)43(68-52)40-65-53-50(61)48(59)46(57)42(37-54)67-53/h12,14,18,21,26,28,41-43,46-54,57-62H,3-11,13,15-17,19-20,22-25,27,29-40H2,1-2H3/b14-12+,21-18+,28-26+/t41-,42+,43+,46-,47-,48?,49?,50?,51?,52+,53+/m0/s1. The quantitative estimate of drug-likeness (QED) is 0.0177. The zero-order chi connectivity index (χ0) is 49.6. The molecule has 7 N–H and O–H groups in total. The van der Waals surface area contributed by atoms with Gasteiger partial charge >= 0.3 is 11.9 Å². The first-order valence-electron chi connectivity index (χ1n) is 26.6. The van der Waals surface area contributed by atoms with Gasteiger partial charge < -0.3 is 64.2 Å². The van der Waals surface area contributed by atoms with Crippen LogP contribution >= 0.6 is 0 Å². The van der Waals surface area contributed by atoms with E-state index in [0.29, 0.717) is 12.8 Å². The van der Waals surface area contributed by atoms with Gasteiger partial charge in [-0.1, -0.05) is 166 Å². The summed E-state index contributed by atoms with van der Waals surface area (Å²) in [5.41, 5.74) is 0. The number of carbonyl (C=O) groups is 2. The highest BCUT2D eigenvalue weighted by Gasteiger charge is 2.47. The second-order valence-corrected chi connectivity index (χ2v) is 18.7. The molecule has 0 aromatic rings. The van der Waals surface area contributed by atoms with Gasteiger partial charge in [0.2, 0.25) is 0 Å². The SMILES string of the molecule is CCCCC/C=C/C/C=C/C/C=C/CCCCC(=O)O[C@@H](COC(=O)CCCCCCCCCCCCCCCCCCC)CO[C@@H]1O[C@H](CO[C@@H]2O[C@H](CO)[C@H](O)C(O)C2O)[C@H](O)C(O)C1O. The van der Waals surface area contributed by atoms with Crippen LogP contribution in [0.4, 0.5) is 0 Å². The summed E-state index contributed by atoms with van der Waals surface area (Å²) in [5.74, 6) is -0.964. The fraction of sp³-hybridized carbons (Fsp3) is 0.849. The van der Waals surface area contributed by atoms with E-state index in [0.717, 1.165) is 51.4 Å². The molecule has 11 atom stereocenters.